The van der Waals surface area contributed by atoms with Crippen LogP contribution in [0.15, 0.2) is 0 Å². The van der Waals surface area contributed by atoms with Gasteiger partial charge in [0.15, 0.2) is 0 Å². The van der Waals surface area contributed by atoms with Gasteiger partial charge >= 0.3 is 7.12 Å². The molecular formula is C6H15BO3. The highest BCUT2D eigenvalue weighted by molar-refractivity contribution is 6.40. The maximum absolute atomic E-state index is 8.45. The van der Waals surface area contributed by atoms with E-state index in [2.05, 4.69) is 0 Å². The average molecular weight is 146 g/mol. The number of hydrogen-bond donors (Lipinski definition) is 2. The van der Waals surface area contributed by atoms with Crippen molar-refractivity contribution in [2.75, 3.05) is 7.11 Å². The van der Waals surface area contributed by atoms with Crippen LogP contribution in [0.3, 0.4) is 0 Å². The van der Waals surface area contributed by atoms with Gasteiger partial charge in [-0.3, -0.25) is 0 Å². The third-order valence-corrected chi connectivity index (χ3v) is 1.48. The van der Waals surface area contributed by atoms with E-state index in [9.17, 15) is 0 Å². The molecule has 2 N–H and O–H groups in total. The Labute approximate surface area is 62.2 Å². The Morgan fingerprint density at radius 3 is 2.50 bits per heavy atom. The van der Waals surface area contributed by atoms with E-state index >= 15 is 0 Å². The molecule has 0 amide bonds. The molecule has 0 aromatic carbocycles. The summed E-state index contributed by atoms with van der Waals surface area (Å²) in [6.45, 7) is 1.96. The summed E-state index contributed by atoms with van der Waals surface area (Å²) in [6, 6.07) is 0. The molecule has 0 saturated carbocycles. The van der Waals surface area contributed by atoms with Crippen LogP contribution >= 0.6 is 0 Å². The van der Waals surface area contributed by atoms with E-state index in [4.69, 9.17) is 14.8 Å². The molecule has 0 aromatic rings. The Hall–Kier alpha value is -0.0551. The second-order valence-electron chi connectivity index (χ2n) is 2.46. The Morgan fingerprint density at radius 2 is 2.10 bits per heavy atom. The summed E-state index contributed by atoms with van der Waals surface area (Å²) in [5, 5.41) is 16.9. The fourth-order valence-electron chi connectivity index (χ4n) is 0.706. The lowest BCUT2D eigenvalue weighted by atomic mass is 9.83. The van der Waals surface area contributed by atoms with Gasteiger partial charge in [0.2, 0.25) is 0 Å². The first-order valence-corrected chi connectivity index (χ1v) is 3.55. The SMILES string of the molecule is COC(C)CCCB(O)O. The van der Waals surface area contributed by atoms with Crippen molar-refractivity contribution in [3.05, 3.63) is 0 Å². The predicted molar refractivity (Wildman–Crippen MR) is 40.7 cm³/mol. The van der Waals surface area contributed by atoms with Crippen LogP contribution in [0.4, 0.5) is 0 Å². The molecule has 0 spiro atoms. The zero-order valence-corrected chi connectivity index (χ0v) is 6.58. The molecule has 4 heteroatoms. The zero-order chi connectivity index (χ0) is 7.98. The lowest BCUT2D eigenvalue weighted by Crippen LogP contribution is -2.12. The molecule has 0 bridgehead atoms. The zero-order valence-electron chi connectivity index (χ0n) is 6.58. The van der Waals surface area contributed by atoms with Gasteiger partial charge in [-0.2, -0.15) is 0 Å². The Balaban J connectivity index is 3.03. The van der Waals surface area contributed by atoms with Crippen molar-refractivity contribution in [3.63, 3.8) is 0 Å². The normalized spacial score (nSPS) is 13.2. The van der Waals surface area contributed by atoms with Gasteiger partial charge in [-0.15, -0.1) is 0 Å². The van der Waals surface area contributed by atoms with Gasteiger partial charge < -0.3 is 14.8 Å². The van der Waals surface area contributed by atoms with E-state index in [1.807, 2.05) is 6.92 Å². The number of rotatable bonds is 5. The summed E-state index contributed by atoms with van der Waals surface area (Å²) in [5.74, 6) is 0. The molecule has 0 fully saturated rings. The Bertz CT molecular complexity index is 77.4. The first-order chi connectivity index (χ1) is 4.66. The van der Waals surface area contributed by atoms with Crippen LogP contribution in [0.2, 0.25) is 6.32 Å². The van der Waals surface area contributed by atoms with Crippen LogP contribution in [-0.4, -0.2) is 30.4 Å². The van der Waals surface area contributed by atoms with Crippen molar-refractivity contribution in [1.82, 2.24) is 0 Å². The summed E-state index contributed by atoms with van der Waals surface area (Å²) in [4.78, 5) is 0. The van der Waals surface area contributed by atoms with Crippen molar-refractivity contribution >= 4 is 7.12 Å². The summed E-state index contributed by atoms with van der Waals surface area (Å²) < 4.78 is 4.97. The van der Waals surface area contributed by atoms with Crippen molar-refractivity contribution in [2.45, 2.75) is 32.2 Å². The first kappa shape index (κ1) is 9.94. The molecule has 0 heterocycles. The van der Waals surface area contributed by atoms with E-state index < -0.39 is 7.12 Å². The molecule has 0 aliphatic carbocycles. The number of hydrogen-bond acceptors (Lipinski definition) is 3. The van der Waals surface area contributed by atoms with Crippen LogP contribution in [0.1, 0.15) is 19.8 Å². The van der Waals surface area contributed by atoms with Crippen LogP contribution < -0.4 is 0 Å². The fourth-order valence-corrected chi connectivity index (χ4v) is 0.706. The molecule has 0 aliphatic heterocycles. The topological polar surface area (TPSA) is 49.7 Å². The molecule has 3 nitrogen and oxygen atoms in total. The smallest absolute Gasteiger partial charge is 0.427 e. The average Bonchev–Trinajstić information content (AvgIpc) is 1.87. The highest BCUT2D eigenvalue weighted by Gasteiger charge is 2.06. The summed E-state index contributed by atoms with van der Waals surface area (Å²) in [5.41, 5.74) is 0. The van der Waals surface area contributed by atoms with Gasteiger partial charge in [-0.25, -0.2) is 0 Å². The molecule has 0 saturated heterocycles. The highest BCUT2D eigenvalue weighted by Crippen LogP contribution is 2.03. The van der Waals surface area contributed by atoms with Crippen LogP contribution in [0.25, 0.3) is 0 Å². The quantitative estimate of drug-likeness (QED) is 0.547. The molecular weight excluding hydrogens is 131 g/mol. The van der Waals surface area contributed by atoms with Gasteiger partial charge in [-0.05, 0) is 19.7 Å². The maximum atomic E-state index is 8.45. The second kappa shape index (κ2) is 5.71. The van der Waals surface area contributed by atoms with Crippen molar-refractivity contribution < 1.29 is 14.8 Å². The molecule has 60 valence electrons. The van der Waals surface area contributed by atoms with Gasteiger partial charge in [0.1, 0.15) is 0 Å². The van der Waals surface area contributed by atoms with Crippen LogP contribution in [0.5, 0.6) is 0 Å². The van der Waals surface area contributed by atoms with Crippen LogP contribution in [0, 0.1) is 0 Å². The fraction of sp³-hybridized carbons (Fsp3) is 1.00. The molecule has 0 aliphatic rings. The lowest BCUT2D eigenvalue weighted by Gasteiger charge is -2.07. The van der Waals surface area contributed by atoms with Crippen LogP contribution in [-0.2, 0) is 4.74 Å². The van der Waals surface area contributed by atoms with E-state index in [1.165, 1.54) is 0 Å². The highest BCUT2D eigenvalue weighted by atomic mass is 16.5. The maximum Gasteiger partial charge on any atom is 0.451 e. The van der Waals surface area contributed by atoms with Crippen molar-refractivity contribution in [1.29, 1.82) is 0 Å². The van der Waals surface area contributed by atoms with Gasteiger partial charge in [-0.1, -0.05) is 6.42 Å². The van der Waals surface area contributed by atoms with Crippen molar-refractivity contribution in [2.24, 2.45) is 0 Å². The molecule has 1 unspecified atom stereocenters. The minimum absolute atomic E-state index is 0.221. The standard InChI is InChI=1S/C6H15BO3/c1-6(10-2)4-3-5-7(8)9/h6,8-9H,3-5H2,1-2H3. The van der Waals surface area contributed by atoms with E-state index in [-0.39, 0.29) is 6.10 Å². The first-order valence-electron chi connectivity index (χ1n) is 3.55. The van der Waals surface area contributed by atoms with Crippen molar-refractivity contribution in [3.8, 4) is 0 Å². The Kier molecular flexibility index (Phi) is 5.68. The number of methoxy groups -OCH3 is 1. The Morgan fingerprint density at radius 1 is 1.50 bits per heavy atom. The largest absolute Gasteiger partial charge is 0.451 e. The minimum atomic E-state index is -1.16. The van der Waals surface area contributed by atoms with Gasteiger partial charge in [0, 0.05) is 7.11 Å². The molecule has 1 atom stereocenters. The summed E-state index contributed by atoms with van der Waals surface area (Å²) >= 11 is 0. The van der Waals surface area contributed by atoms with Gasteiger partial charge in [0.25, 0.3) is 0 Å². The predicted octanol–water partition coefficient (Wildman–Crippen LogP) is 0.274. The summed E-state index contributed by atoms with van der Waals surface area (Å²) in [6.07, 6.45) is 2.34. The minimum Gasteiger partial charge on any atom is -0.427 e. The monoisotopic (exact) mass is 146 g/mol. The third kappa shape index (κ3) is 6.07. The third-order valence-electron chi connectivity index (χ3n) is 1.48. The molecule has 0 rings (SSSR count). The van der Waals surface area contributed by atoms with E-state index in [0.717, 1.165) is 12.8 Å². The van der Waals surface area contributed by atoms with E-state index in [1.54, 1.807) is 7.11 Å². The number of ether oxygens (including phenoxy) is 1. The van der Waals surface area contributed by atoms with E-state index in [0.29, 0.717) is 6.32 Å². The summed E-state index contributed by atoms with van der Waals surface area (Å²) in [7, 11) is 0.490. The molecule has 10 heavy (non-hydrogen) atoms. The molecule has 0 aromatic heterocycles. The molecule has 0 radical (unpaired) electrons. The second-order valence-corrected chi connectivity index (χ2v) is 2.46. The van der Waals surface area contributed by atoms with Gasteiger partial charge in [0.05, 0.1) is 6.10 Å². The lowest BCUT2D eigenvalue weighted by molar-refractivity contribution is 0.110.